The molecule has 4 aliphatic rings. The van der Waals surface area contributed by atoms with Crippen LogP contribution in [0.5, 0.6) is 0 Å². The lowest BCUT2D eigenvalue weighted by molar-refractivity contribution is -0.140. The second-order valence-corrected chi connectivity index (χ2v) is 17.5. The van der Waals surface area contributed by atoms with Gasteiger partial charge in [0.1, 0.15) is 16.7 Å². The molecule has 0 radical (unpaired) electrons. The van der Waals surface area contributed by atoms with Crippen LogP contribution in [0.2, 0.25) is 0 Å². The van der Waals surface area contributed by atoms with Crippen molar-refractivity contribution < 1.29 is 45.5 Å². The number of alkyl halides is 3. The molecule has 6 rings (SSSR count). The van der Waals surface area contributed by atoms with Gasteiger partial charge in [0.05, 0.1) is 28.3 Å². The number of carbonyl (C=O) groups is 4. The first-order valence-corrected chi connectivity index (χ1v) is 19.8. The van der Waals surface area contributed by atoms with Crippen molar-refractivity contribution in [2.24, 2.45) is 17.8 Å². The molecular formula is C35H42F3N5O7S2. The van der Waals surface area contributed by atoms with E-state index < -0.39 is 74.3 Å². The minimum Gasteiger partial charge on any atom is -0.446 e. The number of hydrogen-bond donors (Lipinski definition) is 3. The van der Waals surface area contributed by atoms with Crippen molar-refractivity contribution in [2.75, 3.05) is 18.9 Å². The minimum absolute atomic E-state index is 0.0487. The second-order valence-electron chi connectivity index (χ2n) is 14.4. The number of rotatable bonds is 7. The Kier molecular flexibility index (Phi) is 10.5. The molecule has 1 aromatic heterocycles. The normalized spacial score (nSPS) is 27.6. The summed E-state index contributed by atoms with van der Waals surface area (Å²) in [5.74, 6) is -4.17. The third kappa shape index (κ3) is 8.14. The number of ether oxygens (including phenoxy) is 1. The lowest BCUT2D eigenvalue weighted by Crippen LogP contribution is -2.54. The van der Waals surface area contributed by atoms with E-state index >= 15 is 0 Å². The van der Waals surface area contributed by atoms with Gasteiger partial charge in [-0.2, -0.15) is 13.2 Å². The highest BCUT2D eigenvalue weighted by Gasteiger charge is 2.62. The van der Waals surface area contributed by atoms with E-state index in [0.29, 0.717) is 37.2 Å². The molecule has 1 aromatic carbocycles. The topological polar surface area (TPSA) is 164 Å². The molecule has 12 nitrogen and oxygen atoms in total. The predicted octanol–water partition coefficient (Wildman–Crippen LogP) is 5.58. The molecule has 17 heteroatoms. The van der Waals surface area contributed by atoms with Crippen LogP contribution in [0.25, 0.3) is 10.6 Å². The number of aromatic nitrogens is 1. The number of nitrogens with zero attached hydrogens (tertiary/aromatic N) is 2. The SMILES string of the molecule is CC(C)c1cnc(-c2ccc(C(F)(F)F)cc2NC(=O)O[C@@H]2C[C@H]3C(=O)N[C@]4(C(=O)NS(=O)(=O)C5CC5)C[C@H]4/C=C\CCCCN(C)C(=O)[C@@H]3C2)s1. The van der Waals surface area contributed by atoms with Crippen molar-refractivity contribution in [3.63, 3.8) is 0 Å². The summed E-state index contributed by atoms with van der Waals surface area (Å²) in [5, 5.41) is 4.96. The van der Waals surface area contributed by atoms with Crippen molar-refractivity contribution in [1.29, 1.82) is 0 Å². The molecule has 0 unspecified atom stereocenters. The number of benzene rings is 1. The van der Waals surface area contributed by atoms with Crippen LogP contribution in [-0.4, -0.2) is 72.6 Å². The van der Waals surface area contributed by atoms with Crippen LogP contribution >= 0.6 is 11.3 Å². The molecular weight excluding hydrogens is 724 g/mol. The highest BCUT2D eigenvalue weighted by molar-refractivity contribution is 7.91. The summed E-state index contributed by atoms with van der Waals surface area (Å²) in [4.78, 5) is 61.3. The van der Waals surface area contributed by atoms with Gasteiger partial charge in [-0.25, -0.2) is 18.2 Å². The van der Waals surface area contributed by atoms with Gasteiger partial charge in [0.25, 0.3) is 5.91 Å². The summed E-state index contributed by atoms with van der Waals surface area (Å²) in [5.41, 5.74) is -2.42. The van der Waals surface area contributed by atoms with Gasteiger partial charge in [0.2, 0.25) is 21.8 Å². The quantitative estimate of drug-likeness (QED) is 0.308. The minimum atomic E-state index is -4.69. The van der Waals surface area contributed by atoms with Crippen LogP contribution in [0, 0.1) is 17.8 Å². The fraction of sp³-hybridized carbons (Fsp3) is 0.571. The molecule has 4 amide bonds. The molecule has 0 bridgehead atoms. The molecule has 3 saturated carbocycles. The number of sulfonamides is 1. The number of fused-ring (bicyclic) bond motifs is 2. The van der Waals surface area contributed by atoms with Gasteiger partial charge in [-0.3, -0.25) is 24.4 Å². The highest BCUT2D eigenvalue weighted by Crippen LogP contribution is 2.47. The number of allylic oxidation sites excluding steroid dienone is 1. The number of carbonyl (C=O) groups excluding carboxylic acids is 4. The maximum absolute atomic E-state index is 14.0. The Labute approximate surface area is 304 Å². The maximum atomic E-state index is 14.0. The molecule has 5 atom stereocenters. The van der Waals surface area contributed by atoms with Gasteiger partial charge in [-0.05, 0) is 75.5 Å². The second kappa shape index (κ2) is 14.4. The number of thiazole rings is 1. The van der Waals surface area contributed by atoms with Gasteiger partial charge in [0.15, 0.2) is 0 Å². The number of halogens is 3. The summed E-state index contributed by atoms with van der Waals surface area (Å²) in [6, 6.07) is 2.95. The fourth-order valence-corrected chi connectivity index (χ4v) is 9.19. The van der Waals surface area contributed by atoms with Crippen molar-refractivity contribution in [1.82, 2.24) is 19.9 Å². The summed E-state index contributed by atoms with van der Waals surface area (Å²) in [6.07, 6.45) is 1.57. The van der Waals surface area contributed by atoms with Gasteiger partial charge < -0.3 is 15.0 Å². The fourth-order valence-electron chi connectivity index (χ4n) is 6.87. The van der Waals surface area contributed by atoms with Gasteiger partial charge in [-0.1, -0.05) is 26.0 Å². The summed E-state index contributed by atoms with van der Waals surface area (Å²) in [6.45, 7) is 4.33. The maximum Gasteiger partial charge on any atom is 0.416 e. The predicted molar refractivity (Wildman–Crippen MR) is 186 cm³/mol. The molecule has 52 heavy (non-hydrogen) atoms. The van der Waals surface area contributed by atoms with E-state index in [0.717, 1.165) is 23.4 Å². The van der Waals surface area contributed by atoms with E-state index in [-0.39, 0.29) is 42.3 Å². The van der Waals surface area contributed by atoms with E-state index in [1.54, 1.807) is 13.2 Å². The van der Waals surface area contributed by atoms with E-state index in [9.17, 15) is 40.8 Å². The molecule has 2 heterocycles. The Morgan fingerprint density at radius 1 is 1.13 bits per heavy atom. The van der Waals surface area contributed by atoms with E-state index in [4.69, 9.17) is 4.74 Å². The molecule has 3 aliphatic carbocycles. The zero-order valence-corrected chi connectivity index (χ0v) is 30.6. The summed E-state index contributed by atoms with van der Waals surface area (Å²) in [7, 11) is -2.29. The van der Waals surface area contributed by atoms with E-state index in [2.05, 4.69) is 20.3 Å². The van der Waals surface area contributed by atoms with Gasteiger partial charge in [0, 0.05) is 36.1 Å². The average Bonchev–Trinajstić information content (AvgIpc) is 3.94. The molecule has 2 aromatic rings. The smallest absolute Gasteiger partial charge is 0.416 e. The summed E-state index contributed by atoms with van der Waals surface area (Å²) < 4.78 is 74.3. The van der Waals surface area contributed by atoms with Crippen LogP contribution in [0.3, 0.4) is 0 Å². The van der Waals surface area contributed by atoms with Crippen LogP contribution in [0.1, 0.15) is 81.6 Å². The van der Waals surface area contributed by atoms with Gasteiger partial charge >= 0.3 is 12.3 Å². The monoisotopic (exact) mass is 765 g/mol. The average molecular weight is 766 g/mol. The Bertz CT molecular complexity index is 1880. The molecule has 3 fully saturated rings. The van der Waals surface area contributed by atoms with Crippen molar-refractivity contribution in [3.8, 4) is 10.6 Å². The first kappa shape index (κ1) is 37.8. The first-order chi connectivity index (χ1) is 24.5. The van der Waals surface area contributed by atoms with E-state index in [1.807, 2.05) is 26.0 Å². The molecule has 282 valence electrons. The highest BCUT2D eigenvalue weighted by atomic mass is 32.2. The number of amides is 4. The largest absolute Gasteiger partial charge is 0.446 e. The molecule has 3 N–H and O–H groups in total. The van der Waals surface area contributed by atoms with Crippen molar-refractivity contribution >= 4 is 50.9 Å². The number of hydrogen-bond acceptors (Lipinski definition) is 9. The Morgan fingerprint density at radius 2 is 1.87 bits per heavy atom. The van der Waals surface area contributed by atoms with Crippen LogP contribution in [0.15, 0.2) is 36.5 Å². The number of anilines is 1. The zero-order chi connectivity index (χ0) is 37.6. The van der Waals surface area contributed by atoms with Crippen molar-refractivity contribution in [3.05, 3.63) is 47.0 Å². The Hall–Kier alpha value is -3.99. The first-order valence-electron chi connectivity index (χ1n) is 17.4. The molecule has 0 saturated heterocycles. The lowest BCUT2D eigenvalue weighted by Gasteiger charge is -2.26. The Morgan fingerprint density at radius 3 is 2.54 bits per heavy atom. The summed E-state index contributed by atoms with van der Waals surface area (Å²) >= 11 is 1.28. The van der Waals surface area contributed by atoms with Gasteiger partial charge in [-0.15, -0.1) is 11.3 Å². The zero-order valence-electron chi connectivity index (χ0n) is 29.0. The third-order valence-corrected chi connectivity index (χ3v) is 13.3. The van der Waals surface area contributed by atoms with Crippen LogP contribution < -0.4 is 15.4 Å². The van der Waals surface area contributed by atoms with Crippen LogP contribution in [0.4, 0.5) is 23.7 Å². The van der Waals surface area contributed by atoms with Crippen LogP contribution in [-0.2, 0) is 35.3 Å². The standard InChI is InChI=1S/C35H42F3N5O7S2/c1-19(2)28-18-39-30(51-28)24-12-9-20(35(36,37)38)14-27(24)40-33(47)50-22-15-25-26(16-22)31(45)43(3)13-7-5-4-6-8-21-17-34(21,41-29(25)44)32(46)42-52(48,49)23-10-11-23/h6,8-9,12,14,18-19,21-23,25-26H,4-5,7,10-11,13,15-17H2,1-3H3,(H,40,47)(H,41,44)(H,42,46)/b8-6-/t21-,22-,25-,26-,34-/m1/s1. The molecule has 1 aliphatic heterocycles. The molecule has 0 spiro atoms. The lowest BCUT2D eigenvalue weighted by atomic mass is 9.93. The van der Waals surface area contributed by atoms with Crippen molar-refractivity contribution in [2.45, 2.75) is 94.2 Å². The third-order valence-electron chi connectivity index (χ3n) is 10.2. The van der Waals surface area contributed by atoms with E-state index in [1.165, 1.54) is 22.3 Å². The Balaban J connectivity index is 1.22. The number of nitrogens with one attached hydrogen (secondary N) is 3.